The van der Waals surface area contributed by atoms with Gasteiger partial charge < -0.3 is 10.1 Å². The number of methoxy groups -OCH3 is 1. The Bertz CT molecular complexity index is 143. The molecule has 0 spiro atoms. The molecule has 0 aliphatic heterocycles. The Morgan fingerprint density at radius 3 is 2.86 bits per heavy atom. The maximum absolute atomic E-state index is 5.04. The third-order valence-corrected chi connectivity index (χ3v) is 4.11. The maximum Gasteiger partial charge on any atom is 0.0474 e. The molecule has 1 fully saturated rings. The largest absolute Gasteiger partial charge is 0.385 e. The molecule has 0 bridgehead atoms. The zero-order valence-electron chi connectivity index (χ0n) is 9.42. The van der Waals surface area contributed by atoms with Gasteiger partial charge in [0.1, 0.15) is 0 Å². The van der Waals surface area contributed by atoms with E-state index in [1.54, 1.807) is 7.11 Å². The summed E-state index contributed by atoms with van der Waals surface area (Å²) in [4.78, 5) is 0. The fraction of sp³-hybridized carbons (Fsp3) is 1.00. The van der Waals surface area contributed by atoms with Crippen LogP contribution in [0.1, 0.15) is 32.1 Å². The lowest BCUT2D eigenvalue weighted by molar-refractivity contribution is 0.192. The number of rotatable bonds is 6. The van der Waals surface area contributed by atoms with Crippen molar-refractivity contribution in [3.05, 3.63) is 0 Å². The molecule has 0 aromatic rings. The molecule has 0 saturated heterocycles. The Balaban J connectivity index is 2.13. The topological polar surface area (TPSA) is 21.3 Å². The molecule has 84 valence electrons. The van der Waals surface area contributed by atoms with Gasteiger partial charge >= 0.3 is 0 Å². The average molecular weight is 217 g/mol. The van der Waals surface area contributed by atoms with Crippen molar-refractivity contribution in [1.82, 2.24) is 5.32 Å². The number of nitrogens with one attached hydrogen (secondary N) is 1. The molecule has 2 unspecified atom stereocenters. The van der Waals surface area contributed by atoms with E-state index < -0.39 is 0 Å². The first kappa shape index (κ1) is 12.3. The zero-order chi connectivity index (χ0) is 10.2. The molecule has 1 aliphatic carbocycles. The van der Waals surface area contributed by atoms with Gasteiger partial charge in [0.15, 0.2) is 0 Å². The molecule has 2 nitrogen and oxygen atoms in total. The summed E-state index contributed by atoms with van der Waals surface area (Å²) in [5.41, 5.74) is 0. The smallest absolute Gasteiger partial charge is 0.0474 e. The van der Waals surface area contributed by atoms with E-state index >= 15 is 0 Å². The van der Waals surface area contributed by atoms with Crippen LogP contribution in [0.4, 0.5) is 0 Å². The van der Waals surface area contributed by atoms with Crippen LogP contribution in [0.15, 0.2) is 0 Å². The monoisotopic (exact) mass is 217 g/mol. The molecule has 14 heavy (non-hydrogen) atoms. The average Bonchev–Trinajstić information content (AvgIpc) is 2.25. The summed E-state index contributed by atoms with van der Waals surface area (Å²) in [5.74, 6) is 0. The normalized spacial score (nSPS) is 27.9. The van der Waals surface area contributed by atoms with Gasteiger partial charge in [0.05, 0.1) is 0 Å². The van der Waals surface area contributed by atoms with Gasteiger partial charge in [-0.15, -0.1) is 0 Å². The van der Waals surface area contributed by atoms with Crippen LogP contribution < -0.4 is 5.32 Å². The molecule has 2 atom stereocenters. The third kappa shape index (κ3) is 4.20. The molecule has 0 aromatic heterocycles. The summed E-state index contributed by atoms with van der Waals surface area (Å²) in [6.45, 7) is 1.99. The van der Waals surface area contributed by atoms with Crippen molar-refractivity contribution in [3.8, 4) is 0 Å². The zero-order valence-corrected chi connectivity index (χ0v) is 10.2. The molecule has 3 heteroatoms. The van der Waals surface area contributed by atoms with E-state index in [2.05, 4.69) is 11.6 Å². The minimum atomic E-state index is 0.746. The molecule has 0 radical (unpaired) electrons. The summed E-state index contributed by atoms with van der Waals surface area (Å²) >= 11 is 2.02. The molecule has 0 aromatic carbocycles. The Hall–Kier alpha value is 0.270. The highest BCUT2D eigenvalue weighted by Gasteiger charge is 2.23. The highest BCUT2D eigenvalue weighted by atomic mass is 32.2. The summed E-state index contributed by atoms with van der Waals surface area (Å²) < 4.78 is 5.04. The predicted molar refractivity (Wildman–Crippen MR) is 64.1 cm³/mol. The third-order valence-electron chi connectivity index (χ3n) is 2.94. The van der Waals surface area contributed by atoms with Gasteiger partial charge in [0.2, 0.25) is 0 Å². The Morgan fingerprint density at radius 1 is 1.36 bits per heavy atom. The van der Waals surface area contributed by atoms with Gasteiger partial charge in [-0.3, -0.25) is 0 Å². The van der Waals surface area contributed by atoms with Crippen molar-refractivity contribution < 1.29 is 4.74 Å². The molecular formula is C11H23NOS. The van der Waals surface area contributed by atoms with Crippen LogP contribution in [0.2, 0.25) is 0 Å². The standard InChI is InChI=1S/C11H23NOS/c1-13-9-5-8-12-10-6-3-4-7-11(10)14-2/h10-12H,3-9H2,1-2H3. The Kier molecular flexibility index (Phi) is 6.65. The van der Waals surface area contributed by atoms with Crippen LogP contribution in [0.3, 0.4) is 0 Å². The van der Waals surface area contributed by atoms with Gasteiger partial charge in [-0.05, 0) is 32.1 Å². The van der Waals surface area contributed by atoms with Crippen molar-refractivity contribution in [1.29, 1.82) is 0 Å². The number of thioether (sulfide) groups is 1. The fourth-order valence-electron chi connectivity index (χ4n) is 2.12. The van der Waals surface area contributed by atoms with Gasteiger partial charge in [-0.1, -0.05) is 12.8 Å². The summed E-state index contributed by atoms with van der Waals surface area (Å²) in [6, 6.07) is 0.746. The molecule has 1 aliphatic rings. The van der Waals surface area contributed by atoms with Crippen LogP contribution in [-0.2, 0) is 4.74 Å². The van der Waals surface area contributed by atoms with E-state index in [9.17, 15) is 0 Å². The first-order chi connectivity index (χ1) is 6.88. The predicted octanol–water partition coefficient (Wildman–Crippen LogP) is 2.29. The van der Waals surface area contributed by atoms with Crippen molar-refractivity contribution in [2.75, 3.05) is 26.5 Å². The first-order valence-electron chi connectivity index (χ1n) is 5.63. The van der Waals surface area contributed by atoms with Crippen LogP contribution in [0.5, 0.6) is 0 Å². The number of ether oxygens (including phenoxy) is 1. The second-order valence-electron chi connectivity index (χ2n) is 3.97. The number of hydrogen-bond donors (Lipinski definition) is 1. The summed E-state index contributed by atoms with van der Waals surface area (Å²) in [5, 5.41) is 4.50. The molecule has 0 amide bonds. The van der Waals surface area contributed by atoms with E-state index in [4.69, 9.17) is 4.74 Å². The second-order valence-corrected chi connectivity index (χ2v) is 5.04. The minimum absolute atomic E-state index is 0.746. The van der Waals surface area contributed by atoms with E-state index in [0.717, 1.165) is 30.9 Å². The molecule has 0 heterocycles. The van der Waals surface area contributed by atoms with Crippen molar-refractivity contribution in [3.63, 3.8) is 0 Å². The second kappa shape index (κ2) is 7.55. The Morgan fingerprint density at radius 2 is 2.14 bits per heavy atom. The lowest BCUT2D eigenvalue weighted by Gasteiger charge is -2.31. The number of hydrogen-bond acceptors (Lipinski definition) is 3. The van der Waals surface area contributed by atoms with E-state index in [0.29, 0.717) is 0 Å². The fourth-order valence-corrected chi connectivity index (χ4v) is 3.08. The first-order valence-corrected chi connectivity index (χ1v) is 6.92. The van der Waals surface area contributed by atoms with Gasteiger partial charge in [-0.25, -0.2) is 0 Å². The van der Waals surface area contributed by atoms with Gasteiger partial charge in [0, 0.05) is 25.0 Å². The minimum Gasteiger partial charge on any atom is -0.385 e. The quantitative estimate of drug-likeness (QED) is 0.690. The van der Waals surface area contributed by atoms with Crippen molar-refractivity contribution in [2.24, 2.45) is 0 Å². The summed E-state index contributed by atoms with van der Waals surface area (Å²) in [6.07, 6.45) is 8.94. The lowest BCUT2D eigenvalue weighted by atomic mass is 9.95. The van der Waals surface area contributed by atoms with Crippen LogP contribution in [-0.4, -0.2) is 37.8 Å². The maximum atomic E-state index is 5.04. The lowest BCUT2D eigenvalue weighted by Crippen LogP contribution is -2.41. The van der Waals surface area contributed by atoms with Crippen molar-refractivity contribution in [2.45, 2.75) is 43.4 Å². The summed E-state index contributed by atoms with van der Waals surface area (Å²) in [7, 11) is 1.77. The van der Waals surface area contributed by atoms with Gasteiger partial charge in [-0.2, -0.15) is 11.8 Å². The van der Waals surface area contributed by atoms with Crippen molar-refractivity contribution >= 4 is 11.8 Å². The van der Waals surface area contributed by atoms with Crippen LogP contribution in [0.25, 0.3) is 0 Å². The highest BCUT2D eigenvalue weighted by Crippen LogP contribution is 2.26. The van der Waals surface area contributed by atoms with E-state index in [-0.39, 0.29) is 0 Å². The molecule has 1 rings (SSSR count). The molecule has 1 saturated carbocycles. The van der Waals surface area contributed by atoms with Crippen LogP contribution in [0, 0.1) is 0 Å². The Labute approximate surface area is 92.2 Å². The molecule has 1 N–H and O–H groups in total. The SMILES string of the molecule is COCCCNC1CCCCC1SC. The van der Waals surface area contributed by atoms with E-state index in [1.807, 2.05) is 11.8 Å². The van der Waals surface area contributed by atoms with Gasteiger partial charge in [0.25, 0.3) is 0 Å². The molecular weight excluding hydrogens is 194 g/mol. The van der Waals surface area contributed by atoms with E-state index in [1.165, 1.54) is 25.7 Å². The van der Waals surface area contributed by atoms with Crippen LogP contribution >= 0.6 is 11.8 Å². The highest BCUT2D eigenvalue weighted by molar-refractivity contribution is 7.99.